The summed E-state index contributed by atoms with van der Waals surface area (Å²) in [6.45, 7) is 2.38. The zero-order valence-corrected chi connectivity index (χ0v) is 21.1. The van der Waals surface area contributed by atoms with E-state index in [1.807, 2.05) is 35.2 Å². The Labute approximate surface area is 210 Å². The molecular formula is C26H30N4O6. The molecule has 1 aliphatic heterocycles. The molecule has 0 unspecified atom stereocenters. The van der Waals surface area contributed by atoms with Crippen LogP contribution in [-0.2, 0) is 0 Å². The van der Waals surface area contributed by atoms with Crippen molar-refractivity contribution in [3.05, 3.63) is 48.0 Å². The predicted molar refractivity (Wildman–Crippen MR) is 135 cm³/mol. The van der Waals surface area contributed by atoms with Gasteiger partial charge >= 0.3 is 0 Å². The highest BCUT2D eigenvalue weighted by Crippen LogP contribution is 2.38. The summed E-state index contributed by atoms with van der Waals surface area (Å²) in [6.07, 6.45) is 0. The number of hydrogen-bond donors (Lipinski definition) is 0. The van der Waals surface area contributed by atoms with E-state index in [-0.39, 0.29) is 5.91 Å². The van der Waals surface area contributed by atoms with Gasteiger partial charge in [0, 0.05) is 37.3 Å². The van der Waals surface area contributed by atoms with Crippen molar-refractivity contribution >= 4 is 11.7 Å². The standard InChI is InChI=1S/C26H30N4O6/c1-32-20-8-6-17(14-21(20)33-2)19-7-9-24(28-27-19)29-10-12-30(13-11-29)26(31)18-15-22(34-3)25(36-5)23(16-18)35-4/h6-9,14-16H,10-13H2,1-5H3. The molecule has 0 radical (unpaired) electrons. The Morgan fingerprint density at radius 1 is 0.694 bits per heavy atom. The number of rotatable bonds is 8. The molecule has 3 aromatic rings. The van der Waals surface area contributed by atoms with E-state index in [2.05, 4.69) is 15.1 Å². The van der Waals surface area contributed by atoms with Crippen molar-refractivity contribution in [1.29, 1.82) is 0 Å². The molecular weight excluding hydrogens is 464 g/mol. The summed E-state index contributed by atoms with van der Waals surface area (Å²) in [5, 5.41) is 8.83. The fourth-order valence-corrected chi connectivity index (χ4v) is 4.17. The molecule has 190 valence electrons. The van der Waals surface area contributed by atoms with E-state index in [1.165, 1.54) is 21.3 Å². The number of aromatic nitrogens is 2. The van der Waals surface area contributed by atoms with E-state index < -0.39 is 0 Å². The Bertz CT molecular complexity index is 1180. The van der Waals surface area contributed by atoms with Crippen LogP contribution in [0.3, 0.4) is 0 Å². The highest BCUT2D eigenvalue weighted by molar-refractivity contribution is 5.95. The van der Waals surface area contributed by atoms with Gasteiger partial charge < -0.3 is 33.5 Å². The molecule has 1 fully saturated rings. The van der Waals surface area contributed by atoms with E-state index in [9.17, 15) is 4.79 Å². The first-order chi connectivity index (χ1) is 17.5. The highest BCUT2D eigenvalue weighted by Gasteiger charge is 2.25. The lowest BCUT2D eigenvalue weighted by atomic mass is 10.1. The number of carbonyl (C=O) groups is 1. The zero-order chi connectivity index (χ0) is 25.7. The monoisotopic (exact) mass is 494 g/mol. The average Bonchev–Trinajstić information content (AvgIpc) is 2.95. The Morgan fingerprint density at radius 2 is 1.33 bits per heavy atom. The second-order valence-electron chi connectivity index (χ2n) is 8.04. The molecule has 0 atom stereocenters. The number of ether oxygens (including phenoxy) is 5. The summed E-state index contributed by atoms with van der Waals surface area (Å²) in [5.74, 6) is 3.31. The molecule has 0 spiro atoms. The van der Waals surface area contributed by atoms with Gasteiger partial charge in [0.1, 0.15) is 0 Å². The number of anilines is 1. The van der Waals surface area contributed by atoms with Crippen molar-refractivity contribution in [1.82, 2.24) is 15.1 Å². The third-order valence-corrected chi connectivity index (χ3v) is 6.13. The van der Waals surface area contributed by atoms with Crippen LogP contribution in [0.15, 0.2) is 42.5 Å². The fraction of sp³-hybridized carbons (Fsp3) is 0.346. The Kier molecular flexibility index (Phi) is 7.62. The van der Waals surface area contributed by atoms with Gasteiger partial charge in [-0.3, -0.25) is 4.79 Å². The van der Waals surface area contributed by atoms with Crippen molar-refractivity contribution in [3.63, 3.8) is 0 Å². The SMILES string of the molecule is COc1ccc(-c2ccc(N3CCN(C(=O)c4cc(OC)c(OC)c(OC)c4)CC3)nn2)cc1OC. The quantitative estimate of drug-likeness (QED) is 0.468. The lowest BCUT2D eigenvalue weighted by Gasteiger charge is -2.35. The number of methoxy groups -OCH3 is 5. The van der Waals surface area contributed by atoms with Gasteiger partial charge in [-0.25, -0.2) is 0 Å². The maximum absolute atomic E-state index is 13.2. The Hall–Kier alpha value is -4.21. The van der Waals surface area contributed by atoms with Gasteiger partial charge in [-0.2, -0.15) is 0 Å². The van der Waals surface area contributed by atoms with Crippen molar-refractivity contribution in [2.75, 3.05) is 66.6 Å². The average molecular weight is 495 g/mol. The van der Waals surface area contributed by atoms with E-state index in [1.54, 1.807) is 26.4 Å². The van der Waals surface area contributed by atoms with Crippen LogP contribution in [0, 0.1) is 0 Å². The zero-order valence-electron chi connectivity index (χ0n) is 21.1. The first-order valence-corrected chi connectivity index (χ1v) is 11.4. The number of nitrogens with zero attached hydrogens (tertiary/aromatic N) is 4. The van der Waals surface area contributed by atoms with E-state index in [0.717, 1.165) is 17.1 Å². The van der Waals surface area contributed by atoms with Gasteiger partial charge in [0.05, 0.1) is 41.2 Å². The fourth-order valence-electron chi connectivity index (χ4n) is 4.17. The summed E-state index contributed by atoms with van der Waals surface area (Å²) in [5.41, 5.74) is 2.10. The predicted octanol–water partition coefficient (Wildman–Crippen LogP) is 3.15. The normalized spacial score (nSPS) is 13.2. The van der Waals surface area contributed by atoms with Gasteiger partial charge in [-0.1, -0.05) is 0 Å². The maximum Gasteiger partial charge on any atom is 0.254 e. The molecule has 0 aliphatic carbocycles. The van der Waals surface area contributed by atoms with Crippen LogP contribution in [0.1, 0.15) is 10.4 Å². The van der Waals surface area contributed by atoms with E-state index >= 15 is 0 Å². The van der Waals surface area contributed by atoms with Gasteiger partial charge in [-0.05, 0) is 42.5 Å². The van der Waals surface area contributed by atoms with Crippen LogP contribution >= 0.6 is 0 Å². The lowest BCUT2D eigenvalue weighted by Crippen LogP contribution is -2.49. The molecule has 1 aliphatic rings. The topological polar surface area (TPSA) is 95.5 Å². The molecule has 0 saturated carbocycles. The number of amides is 1. The van der Waals surface area contributed by atoms with Gasteiger partial charge in [0.2, 0.25) is 5.75 Å². The molecule has 1 saturated heterocycles. The van der Waals surface area contributed by atoms with Crippen LogP contribution in [0.2, 0.25) is 0 Å². The van der Waals surface area contributed by atoms with Gasteiger partial charge in [0.25, 0.3) is 5.91 Å². The molecule has 10 nitrogen and oxygen atoms in total. The van der Waals surface area contributed by atoms with Crippen LogP contribution in [-0.4, -0.2) is 82.7 Å². The van der Waals surface area contributed by atoms with Crippen molar-refractivity contribution < 1.29 is 28.5 Å². The summed E-state index contributed by atoms with van der Waals surface area (Å²) in [7, 11) is 7.79. The smallest absolute Gasteiger partial charge is 0.254 e. The highest BCUT2D eigenvalue weighted by atomic mass is 16.5. The second-order valence-corrected chi connectivity index (χ2v) is 8.04. The van der Waals surface area contributed by atoms with Crippen LogP contribution in [0.5, 0.6) is 28.7 Å². The minimum Gasteiger partial charge on any atom is -0.493 e. The molecule has 4 rings (SSSR count). The van der Waals surface area contributed by atoms with Crippen LogP contribution < -0.4 is 28.6 Å². The summed E-state index contributed by atoms with van der Waals surface area (Å²) >= 11 is 0. The largest absolute Gasteiger partial charge is 0.493 e. The molecule has 0 bridgehead atoms. The first kappa shape index (κ1) is 24.9. The number of hydrogen-bond acceptors (Lipinski definition) is 9. The summed E-state index contributed by atoms with van der Waals surface area (Å²) < 4.78 is 26.8. The molecule has 0 N–H and O–H groups in total. The molecule has 1 aromatic heterocycles. The van der Waals surface area contributed by atoms with Crippen molar-refractivity contribution in [2.24, 2.45) is 0 Å². The van der Waals surface area contributed by atoms with Gasteiger partial charge in [0.15, 0.2) is 28.8 Å². The van der Waals surface area contributed by atoms with Crippen LogP contribution in [0.25, 0.3) is 11.3 Å². The van der Waals surface area contributed by atoms with Gasteiger partial charge in [-0.15, -0.1) is 10.2 Å². The van der Waals surface area contributed by atoms with E-state index in [0.29, 0.717) is 60.5 Å². The summed E-state index contributed by atoms with van der Waals surface area (Å²) in [4.78, 5) is 17.1. The molecule has 10 heteroatoms. The first-order valence-electron chi connectivity index (χ1n) is 11.4. The number of piperazine rings is 1. The third-order valence-electron chi connectivity index (χ3n) is 6.13. The summed E-state index contributed by atoms with van der Waals surface area (Å²) in [6, 6.07) is 12.8. The minimum atomic E-state index is -0.0937. The van der Waals surface area contributed by atoms with E-state index in [4.69, 9.17) is 23.7 Å². The second kappa shape index (κ2) is 11.0. The Morgan fingerprint density at radius 3 is 1.86 bits per heavy atom. The number of benzene rings is 2. The molecule has 36 heavy (non-hydrogen) atoms. The molecule has 1 amide bonds. The maximum atomic E-state index is 13.2. The van der Waals surface area contributed by atoms with Crippen LogP contribution in [0.4, 0.5) is 5.82 Å². The molecule has 2 aromatic carbocycles. The third kappa shape index (κ3) is 4.93. The minimum absolute atomic E-state index is 0.0937. The van der Waals surface area contributed by atoms with Crippen molar-refractivity contribution in [3.8, 4) is 40.0 Å². The lowest BCUT2D eigenvalue weighted by molar-refractivity contribution is 0.0745. The van der Waals surface area contributed by atoms with Crippen molar-refractivity contribution in [2.45, 2.75) is 0 Å². The number of carbonyl (C=O) groups excluding carboxylic acids is 1. The Balaban J connectivity index is 1.43. The molecule has 2 heterocycles.